The number of ether oxygens (including phenoxy) is 3. The minimum atomic E-state index is 0.0691. The van der Waals surface area contributed by atoms with Crippen molar-refractivity contribution in [2.24, 2.45) is 0 Å². The van der Waals surface area contributed by atoms with E-state index in [9.17, 15) is 4.79 Å². The zero-order chi connectivity index (χ0) is 18.4. The summed E-state index contributed by atoms with van der Waals surface area (Å²) >= 11 is 1.63. The number of morpholine rings is 1. The first kappa shape index (κ1) is 19.9. The van der Waals surface area contributed by atoms with Gasteiger partial charge >= 0.3 is 0 Å². The van der Waals surface area contributed by atoms with Crippen molar-refractivity contribution in [3.63, 3.8) is 0 Å². The summed E-state index contributed by atoms with van der Waals surface area (Å²) in [4.78, 5) is 17.1. The van der Waals surface area contributed by atoms with E-state index in [0.29, 0.717) is 26.2 Å². The molecule has 6 nitrogen and oxygen atoms in total. The topological polar surface area (TPSA) is 51.2 Å². The molecule has 2 rings (SSSR count). The molecule has 1 amide bonds. The smallest absolute Gasteiger partial charge is 0.223 e. The van der Waals surface area contributed by atoms with Crippen molar-refractivity contribution in [1.82, 2.24) is 9.80 Å². The standard InChI is InChI=1S/C18H28N2O4S/c1-19(2)18(21)9-14-12-24-7-6-20(14)11-13-8-16(23-4)17(25-5)10-15(13)22-3/h8,10,14H,6-7,9,11-12H2,1-5H3/t14-/m0/s1. The molecule has 1 saturated heterocycles. The fourth-order valence-corrected chi connectivity index (χ4v) is 3.47. The minimum Gasteiger partial charge on any atom is -0.496 e. The van der Waals surface area contributed by atoms with E-state index in [0.717, 1.165) is 28.5 Å². The van der Waals surface area contributed by atoms with Gasteiger partial charge in [-0.15, -0.1) is 11.8 Å². The SMILES string of the molecule is COc1cc(SC)c(OC)cc1CN1CCOC[C@@H]1CC(=O)N(C)C. The molecule has 7 heteroatoms. The van der Waals surface area contributed by atoms with Crippen LogP contribution in [0.25, 0.3) is 0 Å². The molecule has 1 aliphatic rings. The lowest BCUT2D eigenvalue weighted by molar-refractivity contribution is -0.132. The van der Waals surface area contributed by atoms with Gasteiger partial charge in [-0.25, -0.2) is 0 Å². The number of amides is 1. The average molecular weight is 368 g/mol. The van der Waals surface area contributed by atoms with Crippen LogP contribution in [0, 0.1) is 0 Å². The van der Waals surface area contributed by atoms with Crippen LogP contribution in [0.5, 0.6) is 11.5 Å². The number of hydrogen-bond acceptors (Lipinski definition) is 6. The van der Waals surface area contributed by atoms with Crippen LogP contribution in [0.2, 0.25) is 0 Å². The van der Waals surface area contributed by atoms with Crippen molar-refractivity contribution in [1.29, 1.82) is 0 Å². The lowest BCUT2D eigenvalue weighted by Crippen LogP contribution is -2.47. The Bertz CT molecular complexity index is 595. The van der Waals surface area contributed by atoms with Crippen molar-refractivity contribution >= 4 is 17.7 Å². The third-order valence-electron chi connectivity index (χ3n) is 4.42. The Morgan fingerprint density at radius 2 is 2.04 bits per heavy atom. The third-order valence-corrected chi connectivity index (χ3v) is 5.18. The Balaban J connectivity index is 2.21. The van der Waals surface area contributed by atoms with Crippen LogP contribution in [0.3, 0.4) is 0 Å². The summed E-state index contributed by atoms with van der Waals surface area (Å²) in [5.74, 6) is 1.80. The number of nitrogens with zero attached hydrogens (tertiary/aromatic N) is 2. The number of thioether (sulfide) groups is 1. The summed E-state index contributed by atoms with van der Waals surface area (Å²) in [5.41, 5.74) is 1.06. The van der Waals surface area contributed by atoms with Crippen molar-refractivity contribution < 1.29 is 19.0 Å². The zero-order valence-corrected chi connectivity index (χ0v) is 16.5. The van der Waals surface area contributed by atoms with Crippen LogP contribution in [0.15, 0.2) is 17.0 Å². The summed E-state index contributed by atoms with van der Waals surface area (Å²) in [5, 5.41) is 0. The fourth-order valence-electron chi connectivity index (χ4n) is 2.90. The lowest BCUT2D eigenvalue weighted by Gasteiger charge is -2.36. The first-order valence-electron chi connectivity index (χ1n) is 8.31. The quantitative estimate of drug-likeness (QED) is 0.687. The van der Waals surface area contributed by atoms with Gasteiger partial charge in [0, 0.05) is 45.2 Å². The van der Waals surface area contributed by atoms with Crippen LogP contribution in [-0.4, -0.2) is 76.1 Å². The van der Waals surface area contributed by atoms with Crippen molar-refractivity contribution in [3.8, 4) is 11.5 Å². The molecule has 25 heavy (non-hydrogen) atoms. The normalized spacial score (nSPS) is 18.0. The van der Waals surface area contributed by atoms with Crippen molar-refractivity contribution in [3.05, 3.63) is 17.7 Å². The predicted octanol–water partition coefficient (Wildman–Crippen LogP) is 2.10. The van der Waals surface area contributed by atoms with E-state index < -0.39 is 0 Å². The largest absolute Gasteiger partial charge is 0.496 e. The molecule has 0 aliphatic carbocycles. The van der Waals surface area contributed by atoms with E-state index in [1.54, 1.807) is 45.0 Å². The highest BCUT2D eigenvalue weighted by Crippen LogP contribution is 2.35. The molecule has 0 radical (unpaired) electrons. The first-order chi connectivity index (χ1) is 12.0. The Labute approximate surface area is 154 Å². The van der Waals surface area contributed by atoms with E-state index in [2.05, 4.69) is 4.90 Å². The maximum Gasteiger partial charge on any atom is 0.223 e. The van der Waals surface area contributed by atoms with E-state index in [1.807, 2.05) is 18.4 Å². The summed E-state index contributed by atoms with van der Waals surface area (Å²) in [6.07, 6.45) is 2.47. The molecular formula is C18H28N2O4S. The van der Waals surface area contributed by atoms with E-state index in [4.69, 9.17) is 14.2 Å². The molecule has 0 N–H and O–H groups in total. The van der Waals surface area contributed by atoms with Gasteiger partial charge < -0.3 is 19.1 Å². The van der Waals surface area contributed by atoms with E-state index in [-0.39, 0.29) is 11.9 Å². The highest BCUT2D eigenvalue weighted by Gasteiger charge is 2.27. The minimum absolute atomic E-state index is 0.0691. The van der Waals surface area contributed by atoms with Gasteiger partial charge in [0.1, 0.15) is 11.5 Å². The van der Waals surface area contributed by atoms with Crippen LogP contribution >= 0.6 is 11.8 Å². The van der Waals surface area contributed by atoms with Gasteiger partial charge in [0.05, 0.1) is 32.3 Å². The molecular weight excluding hydrogens is 340 g/mol. The van der Waals surface area contributed by atoms with Crippen LogP contribution in [0.1, 0.15) is 12.0 Å². The summed E-state index contributed by atoms with van der Waals surface area (Å²) in [6.45, 7) is 2.74. The van der Waals surface area contributed by atoms with Gasteiger partial charge in [0.15, 0.2) is 0 Å². The number of carbonyl (C=O) groups is 1. The monoisotopic (exact) mass is 368 g/mol. The molecule has 0 saturated carbocycles. The molecule has 0 aromatic heterocycles. The van der Waals surface area contributed by atoms with Crippen molar-refractivity contribution in [2.45, 2.75) is 23.9 Å². The second-order valence-corrected chi connectivity index (χ2v) is 7.06. The number of hydrogen-bond donors (Lipinski definition) is 0. The predicted molar refractivity (Wildman–Crippen MR) is 99.7 cm³/mol. The molecule has 0 spiro atoms. The number of methoxy groups -OCH3 is 2. The van der Waals surface area contributed by atoms with E-state index >= 15 is 0 Å². The van der Waals surface area contributed by atoms with Gasteiger partial charge in [-0.05, 0) is 18.4 Å². The Morgan fingerprint density at radius 1 is 1.32 bits per heavy atom. The van der Waals surface area contributed by atoms with Crippen molar-refractivity contribution in [2.75, 3.05) is 54.3 Å². The molecule has 140 valence electrons. The molecule has 1 aromatic rings. The second kappa shape index (κ2) is 9.31. The van der Waals surface area contributed by atoms with Gasteiger partial charge in [-0.3, -0.25) is 9.69 Å². The summed E-state index contributed by atoms with van der Waals surface area (Å²) < 4.78 is 16.7. The number of rotatable bonds is 7. The molecule has 1 aromatic carbocycles. The van der Waals surface area contributed by atoms with Gasteiger partial charge in [-0.1, -0.05) is 0 Å². The van der Waals surface area contributed by atoms with Gasteiger partial charge in [-0.2, -0.15) is 0 Å². The molecule has 0 unspecified atom stereocenters. The highest BCUT2D eigenvalue weighted by atomic mass is 32.2. The third kappa shape index (κ3) is 5.03. The maximum absolute atomic E-state index is 12.1. The first-order valence-corrected chi connectivity index (χ1v) is 9.53. The Morgan fingerprint density at radius 3 is 2.64 bits per heavy atom. The molecule has 0 bridgehead atoms. The summed E-state index contributed by atoms with van der Waals surface area (Å²) in [6, 6.07) is 4.11. The summed E-state index contributed by atoms with van der Waals surface area (Å²) in [7, 11) is 6.93. The molecule has 1 aliphatic heterocycles. The fraction of sp³-hybridized carbons (Fsp3) is 0.611. The number of benzene rings is 1. The van der Waals surface area contributed by atoms with Gasteiger partial charge in [0.2, 0.25) is 5.91 Å². The average Bonchev–Trinajstić information content (AvgIpc) is 2.62. The van der Waals surface area contributed by atoms with Crippen LogP contribution in [-0.2, 0) is 16.1 Å². The highest BCUT2D eigenvalue weighted by molar-refractivity contribution is 7.98. The van der Waals surface area contributed by atoms with Crippen LogP contribution < -0.4 is 9.47 Å². The van der Waals surface area contributed by atoms with Gasteiger partial charge in [0.25, 0.3) is 0 Å². The zero-order valence-electron chi connectivity index (χ0n) is 15.7. The second-order valence-electron chi connectivity index (χ2n) is 6.21. The van der Waals surface area contributed by atoms with E-state index in [1.165, 1.54) is 0 Å². The molecule has 1 fully saturated rings. The molecule has 1 heterocycles. The van der Waals surface area contributed by atoms with Crippen LogP contribution in [0.4, 0.5) is 0 Å². The molecule has 1 atom stereocenters. The lowest BCUT2D eigenvalue weighted by atomic mass is 10.1. The Kier molecular flexibility index (Phi) is 7.40. The Hall–Kier alpha value is -1.44. The number of carbonyl (C=O) groups excluding carboxylic acids is 1. The maximum atomic E-state index is 12.1.